The van der Waals surface area contributed by atoms with Crippen LogP contribution in [0.15, 0.2) is 128 Å². The Morgan fingerprint density at radius 2 is 0.883 bits per heavy atom. The number of phenols is 3. The van der Waals surface area contributed by atoms with Crippen molar-refractivity contribution in [1.29, 1.82) is 0 Å². The van der Waals surface area contributed by atoms with Crippen LogP contribution in [0.25, 0.3) is 11.2 Å². The van der Waals surface area contributed by atoms with Crippen molar-refractivity contribution in [3.05, 3.63) is 194 Å². The summed E-state index contributed by atoms with van der Waals surface area (Å²) in [5.74, 6) is -8.10. The van der Waals surface area contributed by atoms with Crippen molar-refractivity contribution in [2.75, 3.05) is 124 Å². The van der Waals surface area contributed by atoms with E-state index in [1.807, 2.05) is 34.1 Å². The number of unbranched alkanes of at least 4 members (excludes halogenated alkanes) is 4. The molecule has 8 bridgehead atoms. The summed E-state index contributed by atoms with van der Waals surface area (Å²) in [7, 11) is 1.81. The highest BCUT2D eigenvalue weighted by atomic mass is 16.5. The molecular formula is C84H103N20O16-. The van der Waals surface area contributed by atoms with Crippen LogP contribution in [-0.2, 0) is 36.3 Å². The summed E-state index contributed by atoms with van der Waals surface area (Å²) >= 11 is 0. The molecule has 8 aromatic rings. The number of nitrogens with one attached hydrogen (secondary N) is 13. The summed E-state index contributed by atoms with van der Waals surface area (Å²) in [4.78, 5) is 164. The Labute approximate surface area is 692 Å². The number of ether oxygens (including phenoxy) is 1. The summed E-state index contributed by atoms with van der Waals surface area (Å²) in [6, 6.07) is 30.6. The minimum atomic E-state index is -0.807. The maximum atomic E-state index is 14.1. The van der Waals surface area contributed by atoms with Crippen LogP contribution < -0.4 is 84.7 Å². The molecule has 1 unspecified atom stereocenters. The van der Waals surface area contributed by atoms with E-state index in [-0.39, 0.29) is 192 Å². The molecule has 10 rings (SSSR count). The molecule has 0 saturated carbocycles. The fourth-order valence-corrected chi connectivity index (χ4v) is 13.3. The number of nitrogens with two attached hydrogens (primary N) is 1. The van der Waals surface area contributed by atoms with Gasteiger partial charge in [0.05, 0.1) is 39.7 Å². The second kappa shape index (κ2) is 45.4. The number of hydrogen-bond acceptors (Lipinski definition) is 24. The van der Waals surface area contributed by atoms with E-state index in [4.69, 9.17) is 10.5 Å². The first-order valence-corrected chi connectivity index (χ1v) is 40.0. The molecule has 636 valence electrons. The molecule has 1 atom stereocenters. The molecule has 0 spiro atoms. The molecule has 0 radical (unpaired) electrons. The van der Waals surface area contributed by atoms with Crippen LogP contribution in [0.4, 0.5) is 5.95 Å². The Morgan fingerprint density at radius 3 is 1.37 bits per heavy atom. The zero-order valence-electron chi connectivity index (χ0n) is 66.8. The van der Waals surface area contributed by atoms with Gasteiger partial charge in [0, 0.05) is 174 Å². The predicted octanol–water partition coefficient (Wildman–Crippen LogP) is 1.71. The molecule has 36 heteroatoms. The third-order valence-corrected chi connectivity index (χ3v) is 20.1. The van der Waals surface area contributed by atoms with E-state index in [0.717, 1.165) is 29.5 Å². The normalized spacial score (nSPS) is 15.9. The number of imidazole rings is 1. The van der Waals surface area contributed by atoms with E-state index in [2.05, 4.69) is 84.1 Å². The number of aromatic nitrogens is 4. The van der Waals surface area contributed by atoms with Crippen LogP contribution in [0.5, 0.6) is 28.9 Å². The molecule has 0 fully saturated rings. The van der Waals surface area contributed by atoms with E-state index in [9.17, 15) is 73.2 Å². The monoisotopic (exact) mass is 1650 g/mol. The minimum Gasteiger partial charge on any atom is -0.871 e. The van der Waals surface area contributed by atoms with Crippen LogP contribution in [0.2, 0.25) is 0 Å². The summed E-state index contributed by atoms with van der Waals surface area (Å²) in [6.07, 6.45) is 6.43. The van der Waals surface area contributed by atoms with E-state index in [1.54, 1.807) is 42.2 Å². The molecule has 11 amide bonds. The molecule has 0 aliphatic carbocycles. The number of amides is 11. The molecule has 2 aliphatic heterocycles. The molecule has 2 aliphatic rings. The summed E-state index contributed by atoms with van der Waals surface area (Å²) < 4.78 is 7.65. The van der Waals surface area contributed by atoms with Crippen LogP contribution >= 0.6 is 0 Å². The van der Waals surface area contributed by atoms with Gasteiger partial charge in [0.2, 0.25) is 23.6 Å². The van der Waals surface area contributed by atoms with Crippen molar-refractivity contribution in [2.45, 2.75) is 83.5 Å². The highest BCUT2D eigenvalue weighted by Gasteiger charge is 2.26. The van der Waals surface area contributed by atoms with Gasteiger partial charge in [-0.2, -0.15) is 9.97 Å². The van der Waals surface area contributed by atoms with Crippen molar-refractivity contribution in [1.82, 2.24) is 98.4 Å². The standard InChI is InChI=1S/C84H104N20O16/c1-102-52-98-68-73(102)100-84(85)101-83(68)120-51-55-25-23-53(24-26-55)49-97-74(111)56-29-27-54(28-30-56)48-96-67(106)22-5-3-2-4-21-66(105)88-31-7-6-12-57-50-87-34-37-91-77(114)60-15-10-18-63(71(60)109)80(117)94-40-44-104(45-41-95-81(118)64-19-11-20-65(72(64)110)82(119)99-57)47-46-103-42-38-92-78(115)61-16-8-13-58(69(61)107)75(112)89-35-32-86-33-36-90-76(113)59-14-9-17-62(70(59)108)79(116)93-39-43-103/h8-11,13-20,23-30,52,57,86-87,107-110H,2-7,12,21-22,31-51H2,1H3,(H,88,105)(H,89,112)(H,90,113)(H,91,114)(H,92,115)(H,93,116)(H,94,117)(H,95,118)(H,96,106)(H,97,111)(H,99,119)(H2,85,100,101)/p-1. The maximum Gasteiger partial charge on any atom is 0.255 e. The second-order valence-corrected chi connectivity index (χ2v) is 28.8. The van der Waals surface area contributed by atoms with Crippen molar-refractivity contribution >= 4 is 82.1 Å². The fraction of sp³-hybridized carbons (Fsp3) is 0.381. The second-order valence-electron chi connectivity index (χ2n) is 28.8. The lowest BCUT2D eigenvalue weighted by atomic mass is 10.1. The van der Waals surface area contributed by atoms with Crippen LogP contribution in [-0.4, -0.2) is 233 Å². The number of para-hydroxylation sites is 4. The molecule has 4 heterocycles. The molecule has 6 aromatic carbocycles. The van der Waals surface area contributed by atoms with Crippen molar-refractivity contribution in [3.8, 4) is 28.9 Å². The van der Waals surface area contributed by atoms with Gasteiger partial charge in [0.25, 0.3) is 53.2 Å². The number of carbonyl (C=O) groups is 11. The number of nitrogens with zero attached hydrogens (tertiary/aromatic N) is 6. The highest BCUT2D eigenvalue weighted by Crippen LogP contribution is 2.28. The number of rotatable bonds is 23. The van der Waals surface area contributed by atoms with Crippen LogP contribution in [0.1, 0.15) is 168 Å². The van der Waals surface area contributed by atoms with Gasteiger partial charge in [-0.15, -0.1) is 0 Å². The summed E-state index contributed by atoms with van der Waals surface area (Å²) in [5, 5.41) is 84.9. The van der Waals surface area contributed by atoms with E-state index in [0.29, 0.717) is 81.3 Å². The molecule has 36 nitrogen and oxygen atoms in total. The van der Waals surface area contributed by atoms with Gasteiger partial charge in [0.1, 0.15) is 23.9 Å². The molecule has 0 saturated heterocycles. The SMILES string of the molecule is Cn1cnc2c(OCc3ccc(CNC(=O)c4ccc(CNC(=O)CCCCCCC(=O)NCCCCC5CNCCNC(=O)c6cccc(c6[O-])C(=O)NCCN(CCN6CCNC(=O)c7cccc(c7O)C(=O)NCCNCCNC(=O)c7cccc(c7O)C(=O)NCC6)CCNC(=O)c6cccc(c6O)C(=O)N5)cc4)cc3)nc(N)nc21. The first kappa shape index (κ1) is 89.0. The zero-order chi connectivity index (χ0) is 85.3. The lowest BCUT2D eigenvalue weighted by Crippen LogP contribution is -2.46. The van der Waals surface area contributed by atoms with Gasteiger partial charge in [-0.3, -0.25) is 62.5 Å². The van der Waals surface area contributed by atoms with E-state index >= 15 is 0 Å². The number of benzene rings is 6. The number of anilines is 1. The first-order valence-electron chi connectivity index (χ1n) is 40.0. The average Bonchev–Trinajstić information content (AvgIpc) is 1.64. The van der Waals surface area contributed by atoms with Crippen molar-refractivity contribution < 1.29 is 77.9 Å². The van der Waals surface area contributed by atoms with Crippen molar-refractivity contribution in [3.63, 3.8) is 0 Å². The van der Waals surface area contributed by atoms with Gasteiger partial charge >= 0.3 is 0 Å². The summed E-state index contributed by atoms with van der Waals surface area (Å²) in [5.41, 5.74) is 8.49. The largest absolute Gasteiger partial charge is 0.871 e. The topological polar surface area (TPSA) is 513 Å². The minimum absolute atomic E-state index is 0.0150. The van der Waals surface area contributed by atoms with E-state index in [1.165, 1.54) is 72.8 Å². The molecule has 18 N–H and O–H groups in total. The average molecular weight is 1650 g/mol. The fourth-order valence-electron chi connectivity index (χ4n) is 13.3. The third-order valence-electron chi connectivity index (χ3n) is 20.1. The number of carbonyl (C=O) groups excluding carboxylic acids is 11. The zero-order valence-corrected chi connectivity index (χ0v) is 66.8. The lowest BCUT2D eigenvalue weighted by molar-refractivity contribution is -0.269. The van der Waals surface area contributed by atoms with Gasteiger partial charge in [-0.05, 0) is 97.3 Å². The number of aromatic hydroxyl groups is 3. The summed E-state index contributed by atoms with van der Waals surface area (Å²) in [6.45, 7) is 3.19. The Kier molecular flexibility index (Phi) is 33.7. The van der Waals surface area contributed by atoms with Crippen LogP contribution in [0.3, 0.4) is 0 Å². The maximum absolute atomic E-state index is 14.1. The Bertz CT molecular complexity index is 4840. The smallest absolute Gasteiger partial charge is 0.255 e. The number of aryl methyl sites for hydroxylation is 1. The highest BCUT2D eigenvalue weighted by molar-refractivity contribution is 6.07. The Balaban J connectivity index is 0.676. The number of nitrogen functional groups attached to an aromatic ring is 1. The molecule has 120 heavy (non-hydrogen) atoms. The first-order chi connectivity index (χ1) is 58.1. The Hall–Kier alpha value is -13.3. The van der Waals surface area contributed by atoms with Gasteiger partial charge in [-0.25, -0.2) is 4.98 Å². The van der Waals surface area contributed by atoms with Gasteiger partial charge in [0.15, 0.2) is 11.2 Å². The lowest BCUT2D eigenvalue weighted by Gasteiger charge is -2.28. The van der Waals surface area contributed by atoms with E-state index < -0.39 is 76.3 Å². The Morgan fingerprint density at radius 1 is 0.475 bits per heavy atom. The number of phenolic OH excluding ortho intramolecular Hbond substituents is 3. The van der Waals surface area contributed by atoms with Crippen LogP contribution in [0, 0.1) is 0 Å². The number of hydrogen-bond donors (Lipinski definition) is 17. The van der Waals surface area contributed by atoms with Crippen molar-refractivity contribution in [2.24, 2.45) is 7.05 Å². The third kappa shape index (κ3) is 26.3. The molecular weight excluding hydrogens is 1550 g/mol. The molecule has 2 aromatic heterocycles. The quantitative estimate of drug-likeness (QED) is 0.0405. The van der Waals surface area contributed by atoms with Gasteiger partial charge in [-0.1, -0.05) is 91.4 Å². The number of fused-ring (bicyclic) bond motifs is 9. The van der Waals surface area contributed by atoms with Gasteiger partial charge < -0.3 is 105 Å². The predicted molar refractivity (Wildman–Crippen MR) is 442 cm³/mol.